The molecule has 0 bridgehead atoms. The molecule has 546 valence electrons. The van der Waals surface area contributed by atoms with E-state index in [9.17, 15) is 0 Å². The third-order valence-electron chi connectivity index (χ3n) is 23.5. The van der Waals surface area contributed by atoms with E-state index in [1.807, 2.05) is 12.1 Å². The van der Waals surface area contributed by atoms with E-state index in [0.717, 1.165) is 21.9 Å². The lowest BCUT2D eigenvalue weighted by molar-refractivity contribution is 0.669. The van der Waals surface area contributed by atoms with Crippen LogP contribution in [0.25, 0.3) is 219 Å². The van der Waals surface area contributed by atoms with Crippen molar-refractivity contribution < 1.29 is 4.42 Å². The van der Waals surface area contributed by atoms with Gasteiger partial charge >= 0.3 is 0 Å². The molecular weight excluding hydrogens is 1410 g/mol. The van der Waals surface area contributed by atoms with Crippen LogP contribution in [-0.2, 0) is 0 Å². The van der Waals surface area contributed by atoms with Gasteiger partial charge in [-0.2, -0.15) is 0 Å². The van der Waals surface area contributed by atoms with Gasteiger partial charge in [0.05, 0.1) is 0 Å². The Balaban J connectivity index is 0.000000110. The zero-order valence-electron chi connectivity index (χ0n) is 64.3. The van der Waals surface area contributed by atoms with Gasteiger partial charge in [0.15, 0.2) is 0 Å². The second-order valence-corrected chi connectivity index (χ2v) is 30.4. The van der Waals surface area contributed by atoms with Gasteiger partial charge in [0.2, 0.25) is 0 Å². The van der Waals surface area contributed by atoms with Gasteiger partial charge in [0.25, 0.3) is 0 Å². The summed E-state index contributed by atoms with van der Waals surface area (Å²) in [6.45, 7) is 0. The van der Waals surface area contributed by atoms with Crippen LogP contribution in [0, 0.1) is 0 Å². The first-order valence-electron chi connectivity index (χ1n) is 40.3. The molecule has 0 fully saturated rings. The Hall–Kier alpha value is -15.3. The Morgan fingerprint density at radius 1 is 0.103 bits per heavy atom. The summed E-state index contributed by atoms with van der Waals surface area (Å²) in [5.41, 5.74) is 26.8. The summed E-state index contributed by atoms with van der Waals surface area (Å²) in [5.74, 6) is 0. The molecule has 0 atom stereocenters. The number of furan rings is 1. The standard InChI is InChI=1S/2C42H28.C32H20O/c1-2-12-29(13-3-1)32-16-10-18-35(27-32)41-37-20-6-8-22-39(37)42(40-23-9-7-21-38(40)41)36-19-11-17-33(28-36)34-25-24-30-14-4-5-15-31(30)26-34;1-2-11-29(12-3-1)34-15-10-16-36(28-34)42-39-19-8-6-17-37(39)41(38-18-7-9-20-40(38)42)32-24-21-31(22-25-32)35-26-23-30-13-4-5-14-33(30)27-35;1-2-10-21(11-3-1)31-24-13-4-6-15-26(24)32(27-16-7-5-14-25(27)31)22-18-19-30-28(20-22)23-12-8-9-17-29(23)33-30/h2*1-28H;1-20H. The SMILES string of the molecule is c1ccc(-c2c3ccccc3c(-c3ccc4oc5ccccc5c4c3)c3ccccc23)cc1.c1ccc(-c2cccc(-c3c4ccccc4c(-c4ccc(-c5ccc6ccccc6c5)cc4)c4ccccc34)c2)cc1.c1ccc(-c2cccc(-c3c4ccccc4c(-c4cccc(-c5ccc6ccccc6c5)c4)c4ccccc34)c2)cc1. The molecule has 1 heterocycles. The van der Waals surface area contributed by atoms with E-state index in [-0.39, 0.29) is 0 Å². The van der Waals surface area contributed by atoms with Crippen LogP contribution in [0.4, 0.5) is 0 Å². The Kier molecular flexibility index (Phi) is 18.1. The highest BCUT2D eigenvalue weighted by atomic mass is 16.3. The van der Waals surface area contributed by atoms with E-state index in [2.05, 4.69) is 449 Å². The van der Waals surface area contributed by atoms with Crippen LogP contribution in [-0.4, -0.2) is 0 Å². The minimum Gasteiger partial charge on any atom is -0.456 e. The molecule has 0 aliphatic heterocycles. The number of para-hydroxylation sites is 1. The Morgan fingerprint density at radius 2 is 0.316 bits per heavy atom. The second-order valence-electron chi connectivity index (χ2n) is 30.4. The molecule has 1 heteroatoms. The Morgan fingerprint density at radius 3 is 0.692 bits per heavy atom. The Bertz CT molecular complexity index is 7550. The first-order chi connectivity index (χ1) is 58.0. The van der Waals surface area contributed by atoms with Crippen LogP contribution in [0.2, 0.25) is 0 Å². The predicted molar refractivity (Wildman–Crippen MR) is 501 cm³/mol. The summed E-state index contributed by atoms with van der Waals surface area (Å²) >= 11 is 0. The molecule has 23 aromatic rings. The molecule has 0 saturated carbocycles. The highest BCUT2D eigenvalue weighted by Gasteiger charge is 2.22. The summed E-state index contributed by atoms with van der Waals surface area (Å²) in [5, 5.41) is 22.6. The van der Waals surface area contributed by atoms with Crippen molar-refractivity contribution in [1.82, 2.24) is 0 Å². The van der Waals surface area contributed by atoms with Crippen molar-refractivity contribution >= 4 is 108 Å². The van der Waals surface area contributed by atoms with E-state index in [4.69, 9.17) is 4.42 Å². The molecule has 0 spiro atoms. The smallest absolute Gasteiger partial charge is 0.135 e. The third kappa shape index (κ3) is 13.0. The maximum Gasteiger partial charge on any atom is 0.135 e. The van der Waals surface area contributed by atoms with Crippen molar-refractivity contribution in [3.8, 4) is 111 Å². The maximum atomic E-state index is 6.10. The molecular formula is C116H76O. The zero-order chi connectivity index (χ0) is 77.5. The fraction of sp³-hybridized carbons (Fsp3) is 0. The number of hydrogen-bond acceptors (Lipinski definition) is 1. The molecule has 1 nitrogen and oxygen atoms in total. The summed E-state index contributed by atoms with van der Waals surface area (Å²) < 4.78 is 6.10. The highest BCUT2D eigenvalue weighted by Crippen LogP contribution is 2.49. The first kappa shape index (κ1) is 69.6. The van der Waals surface area contributed by atoms with Crippen LogP contribution >= 0.6 is 0 Å². The fourth-order valence-corrected chi connectivity index (χ4v) is 18.1. The first-order valence-corrected chi connectivity index (χ1v) is 40.3. The third-order valence-corrected chi connectivity index (χ3v) is 23.5. The molecule has 0 aliphatic carbocycles. The summed E-state index contributed by atoms with van der Waals surface area (Å²) in [6, 6.07) is 167. The van der Waals surface area contributed by atoms with Crippen LogP contribution in [0.3, 0.4) is 0 Å². The average Bonchev–Trinajstić information content (AvgIpc) is 1.38. The van der Waals surface area contributed by atoms with Gasteiger partial charge in [-0.1, -0.05) is 413 Å². The van der Waals surface area contributed by atoms with Gasteiger partial charge < -0.3 is 4.42 Å². The van der Waals surface area contributed by atoms with E-state index in [1.54, 1.807) is 0 Å². The number of rotatable bonds is 10. The summed E-state index contributed by atoms with van der Waals surface area (Å²) in [4.78, 5) is 0. The van der Waals surface area contributed by atoms with Crippen molar-refractivity contribution in [1.29, 1.82) is 0 Å². The van der Waals surface area contributed by atoms with E-state index in [0.29, 0.717) is 0 Å². The van der Waals surface area contributed by atoms with Crippen molar-refractivity contribution in [2.75, 3.05) is 0 Å². The van der Waals surface area contributed by atoms with Crippen molar-refractivity contribution in [3.63, 3.8) is 0 Å². The summed E-state index contributed by atoms with van der Waals surface area (Å²) in [6.07, 6.45) is 0. The van der Waals surface area contributed by atoms with Crippen LogP contribution in [0.15, 0.2) is 465 Å². The summed E-state index contributed by atoms with van der Waals surface area (Å²) in [7, 11) is 0. The molecule has 0 radical (unpaired) electrons. The van der Waals surface area contributed by atoms with E-state index in [1.165, 1.54) is 197 Å². The van der Waals surface area contributed by atoms with Gasteiger partial charge in [0.1, 0.15) is 11.2 Å². The average molecular weight is 1490 g/mol. The minimum atomic E-state index is 0.925. The molecule has 22 aromatic carbocycles. The predicted octanol–water partition coefficient (Wildman–Crippen LogP) is 32.9. The Labute approximate surface area is 680 Å². The number of benzene rings is 22. The zero-order valence-corrected chi connectivity index (χ0v) is 64.3. The van der Waals surface area contributed by atoms with Crippen LogP contribution in [0.1, 0.15) is 0 Å². The molecule has 0 N–H and O–H groups in total. The highest BCUT2D eigenvalue weighted by molar-refractivity contribution is 6.25. The van der Waals surface area contributed by atoms with Gasteiger partial charge in [-0.25, -0.2) is 0 Å². The van der Waals surface area contributed by atoms with E-state index < -0.39 is 0 Å². The normalized spacial score (nSPS) is 11.4. The monoisotopic (exact) mass is 1480 g/mol. The minimum absolute atomic E-state index is 0.925. The molecule has 0 saturated heterocycles. The van der Waals surface area contributed by atoms with Gasteiger partial charge in [-0.15, -0.1) is 0 Å². The van der Waals surface area contributed by atoms with Crippen LogP contribution < -0.4 is 0 Å². The molecule has 0 unspecified atom stereocenters. The van der Waals surface area contributed by atoms with Crippen LogP contribution in [0.5, 0.6) is 0 Å². The molecule has 0 amide bonds. The number of hydrogen-bond donors (Lipinski definition) is 0. The van der Waals surface area contributed by atoms with Crippen molar-refractivity contribution in [3.05, 3.63) is 461 Å². The lowest BCUT2D eigenvalue weighted by Crippen LogP contribution is -1.91. The lowest BCUT2D eigenvalue weighted by Gasteiger charge is -2.18. The van der Waals surface area contributed by atoms with Gasteiger partial charge in [-0.05, 0) is 246 Å². The molecule has 117 heavy (non-hydrogen) atoms. The lowest BCUT2D eigenvalue weighted by atomic mass is 9.85. The van der Waals surface area contributed by atoms with Crippen molar-refractivity contribution in [2.24, 2.45) is 0 Å². The fourth-order valence-electron chi connectivity index (χ4n) is 18.1. The number of fused-ring (bicyclic) bond motifs is 11. The topological polar surface area (TPSA) is 13.1 Å². The largest absolute Gasteiger partial charge is 0.456 e. The quantitative estimate of drug-likeness (QED) is 0.124. The van der Waals surface area contributed by atoms with E-state index >= 15 is 0 Å². The van der Waals surface area contributed by atoms with Gasteiger partial charge in [-0.3, -0.25) is 0 Å². The van der Waals surface area contributed by atoms with Gasteiger partial charge in [0, 0.05) is 10.8 Å². The van der Waals surface area contributed by atoms with Crippen molar-refractivity contribution in [2.45, 2.75) is 0 Å². The molecule has 1 aromatic heterocycles. The molecule has 0 aliphatic rings. The molecule has 23 rings (SSSR count). The maximum absolute atomic E-state index is 6.10. The second kappa shape index (κ2) is 30.3.